The number of hydrogen-bond acceptors (Lipinski definition) is 4. The number of ether oxygens (including phenoxy) is 1. The summed E-state index contributed by atoms with van der Waals surface area (Å²) in [5, 5.41) is 3.52. The summed E-state index contributed by atoms with van der Waals surface area (Å²) >= 11 is 0. The number of rotatable bonds is 5. The van der Waals surface area contributed by atoms with Gasteiger partial charge >= 0.3 is 5.97 Å². The Morgan fingerprint density at radius 3 is 2.47 bits per heavy atom. The highest BCUT2D eigenvalue weighted by atomic mass is 19.1. The highest BCUT2D eigenvalue weighted by molar-refractivity contribution is 6.01. The highest BCUT2D eigenvalue weighted by Crippen LogP contribution is 2.33. The first kappa shape index (κ1) is 21.2. The summed E-state index contributed by atoms with van der Waals surface area (Å²) in [7, 11) is 1.24. The quantitative estimate of drug-likeness (QED) is 0.437. The Balaban J connectivity index is 1.73. The van der Waals surface area contributed by atoms with E-state index in [2.05, 4.69) is 15.0 Å². The molecule has 0 radical (unpaired) electrons. The van der Waals surface area contributed by atoms with E-state index in [0.29, 0.717) is 0 Å². The maximum atomic E-state index is 14.3. The van der Waals surface area contributed by atoms with Crippen molar-refractivity contribution < 1.29 is 18.7 Å². The summed E-state index contributed by atoms with van der Waals surface area (Å²) in [5.74, 6) is -1.66. The van der Waals surface area contributed by atoms with E-state index in [-0.39, 0.29) is 17.7 Å². The minimum Gasteiger partial charge on any atom is -0.465 e. The fraction of sp³-hybridized carbons (Fsp3) is 0.115. The molecule has 3 aromatic carbocycles. The second-order valence-corrected chi connectivity index (χ2v) is 7.35. The molecule has 32 heavy (non-hydrogen) atoms. The van der Waals surface area contributed by atoms with Crippen LogP contribution in [0.1, 0.15) is 21.6 Å². The smallest absolute Gasteiger partial charge is 0.337 e. The number of anilines is 1. The summed E-state index contributed by atoms with van der Waals surface area (Å²) in [6.45, 7) is 1.86. The van der Waals surface area contributed by atoms with E-state index >= 15 is 0 Å². The minimum absolute atomic E-state index is 0.00418. The van der Waals surface area contributed by atoms with Gasteiger partial charge in [0.05, 0.1) is 30.3 Å². The number of para-hydroxylation sites is 1. The summed E-state index contributed by atoms with van der Waals surface area (Å²) in [6, 6.07) is 21.3. The molecule has 0 atom stereocenters. The average Bonchev–Trinajstić information content (AvgIpc) is 2.81. The number of pyridine rings is 1. The van der Waals surface area contributed by atoms with Crippen LogP contribution >= 0.6 is 0 Å². The largest absolute Gasteiger partial charge is 0.465 e. The Labute approximate surface area is 184 Å². The van der Waals surface area contributed by atoms with E-state index in [1.54, 1.807) is 0 Å². The van der Waals surface area contributed by atoms with Gasteiger partial charge in [0, 0.05) is 11.1 Å². The van der Waals surface area contributed by atoms with Gasteiger partial charge in [-0.1, -0.05) is 48.5 Å². The van der Waals surface area contributed by atoms with Crippen LogP contribution in [0.3, 0.4) is 0 Å². The third-order valence-corrected chi connectivity index (χ3v) is 5.26. The molecule has 0 aliphatic carbocycles. The summed E-state index contributed by atoms with van der Waals surface area (Å²) < 4.78 is 19.0. The molecule has 5 nitrogen and oxygen atoms in total. The number of carbonyl (C=O) groups excluding carboxylic acids is 2. The predicted octanol–water partition coefficient (Wildman–Crippen LogP) is 5.32. The van der Waals surface area contributed by atoms with Gasteiger partial charge in [-0.25, -0.2) is 9.18 Å². The molecule has 0 saturated carbocycles. The van der Waals surface area contributed by atoms with Crippen LogP contribution in [0.5, 0.6) is 0 Å². The molecule has 4 rings (SSSR count). The lowest BCUT2D eigenvalue weighted by Gasteiger charge is -2.16. The first-order valence-corrected chi connectivity index (χ1v) is 10.1. The van der Waals surface area contributed by atoms with Crippen molar-refractivity contribution in [2.45, 2.75) is 13.3 Å². The number of halogens is 1. The monoisotopic (exact) mass is 428 g/mol. The van der Waals surface area contributed by atoms with Crippen LogP contribution in [0.4, 0.5) is 10.1 Å². The van der Waals surface area contributed by atoms with Crippen LogP contribution in [0.15, 0.2) is 72.8 Å². The van der Waals surface area contributed by atoms with Crippen LogP contribution < -0.4 is 5.32 Å². The first-order valence-electron chi connectivity index (χ1n) is 10.1. The Kier molecular flexibility index (Phi) is 5.94. The Morgan fingerprint density at radius 1 is 1.00 bits per heavy atom. The fourth-order valence-electron chi connectivity index (χ4n) is 3.75. The number of amides is 1. The molecule has 0 aliphatic heterocycles. The zero-order chi connectivity index (χ0) is 22.7. The number of carbonyl (C=O) groups is 2. The van der Waals surface area contributed by atoms with Crippen molar-refractivity contribution in [3.05, 3.63) is 95.4 Å². The lowest BCUT2D eigenvalue weighted by Crippen LogP contribution is -2.17. The van der Waals surface area contributed by atoms with E-state index in [9.17, 15) is 14.0 Å². The zero-order valence-corrected chi connectivity index (χ0v) is 17.7. The lowest BCUT2D eigenvalue weighted by molar-refractivity contribution is -0.115. The van der Waals surface area contributed by atoms with Gasteiger partial charge in [-0.15, -0.1) is 0 Å². The Hall–Kier alpha value is -4.06. The topological polar surface area (TPSA) is 68.3 Å². The van der Waals surface area contributed by atoms with Crippen molar-refractivity contribution in [1.82, 2.24) is 4.98 Å². The summed E-state index contributed by atoms with van der Waals surface area (Å²) in [6.07, 6.45) is -0.00418. The van der Waals surface area contributed by atoms with Crippen molar-refractivity contribution in [1.29, 1.82) is 0 Å². The normalized spacial score (nSPS) is 10.7. The van der Waals surface area contributed by atoms with E-state index in [4.69, 9.17) is 0 Å². The van der Waals surface area contributed by atoms with E-state index in [0.717, 1.165) is 39.4 Å². The number of hydrogen-bond donors (Lipinski definition) is 1. The zero-order valence-electron chi connectivity index (χ0n) is 17.7. The lowest BCUT2D eigenvalue weighted by atomic mass is 9.92. The number of nitrogens with one attached hydrogen (secondary N) is 1. The number of esters is 1. The number of nitrogens with zero attached hydrogens (tertiary/aromatic N) is 1. The van der Waals surface area contributed by atoms with Gasteiger partial charge in [0.1, 0.15) is 5.82 Å². The Morgan fingerprint density at radius 2 is 1.72 bits per heavy atom. The van der Waals surface area contributed by atoms with Crippen molar-refractivity contribution >= 4 is 28.5 Å². The molecule has 0 aliphatic rings. The molecular weight excluding hydrogens is 407 g/mol. The van der Waals surface area contributed by atoms with Crippen LogP contribution in [-0.4, -0.2) is 24.0 Å². The molecule has 160 valence electrons. The number of aryl methyl sites for hydroxylation is 1. The Bertz CT molecular complexity index is 1320. The van der Waals surface area contributed by atoms with E-state index in [1.807, 2.05) is 61.5 Å². The van der Waals surface area contributed by atoms with Gasteiger partial charge in [-0.3, -0.25) is 9.78 Å². The first-order chi connectivity index (χ1) is 15.5. The van der Waals surface area contributed by atoms with Gasteiger partial charge in [0.2, 0.25) is 5.91 Å². The van der Waals surface area contributed by atoms with Crippen molar-refractivity contribution in [3.8, 4) is 11.1 Å². The molecular formula is C26H21FN2O3. The van der Waals surface area contributed by atoms with Gasteiger partial charge in [0.15, 0.2) is 0 Å². The van der Waals surface area contributed by atoms with Crippen LogP contribution in [0.25, 0.3) is 22.0 Å². The van der Waals surface area contributed by atoms with Gasteiger partial charge in [-0.2, -0.15) is 0 Å². The number of aromatic nitrogens is 1. The highest BCUT2D eigenvalue weighted by Gasteiger charge is 2.18. The van der Waals surface area contributed by atoms with E-state index in [1.165, 1.54) is 19.2 Å². The molecule has 4 aromatic rings. The maximum Gasteiger partial charge on any atom is 0.337 e. The van der Waals surface area contributed by atoms with Crippen LogP contribution in [0, 0.1) is 12.7 Å². The minimum atomic E-state index is -0.636. The molecule has 0 fully saturated rings. The summed E-state index contributed by atoms with van der Waals surface area (Å²) in [4.78, 5) is 29.4. The second kappa shape index (κ2) is 8.98. The van der Waals surface area contributed by atoms with Gasteiger partial charge < -0.3 is 10.1 Å². The predicted molar refractivity (Wildman–Crippen MR) is 122 cm³/mol. The van der Waals surface area contributed by atoms with Gasteiger partial charge in [0.25, 0.3) is 0 Å². The van der Waals surface area contributed by atoms with Crippen molar-refractivity contribution in [2.24, 2.45) is 0 Å². The van der Waals surface area contributed by atoms with Crippen molar-refractivity contribution in [2.75, 3.05) is 12.4 Å². The average molecular weight is 428 g/mol. The molecule has 1 aromatic heterocycles. The van der Waals surface area contributed by atoms with E-state index < -0.39 is 17.7 Å². The fourth-order valence-corrected chi connectivity index (χ4v) is 3.75. The molecule has 0 spiro atoms. The van der Waals surface area contributed by atoms with Crippen molar-refractivity contribution in [3.63, 3.8) is 0 Å². The van der Waals surface area contributed by atoms with Crippen LogP contribution in [-0.2, 0) is 16.0 Å². The number of benzene rings is 3. The summed E-state index contributed by atoms with van der Waals surface area (Å²) in [5.41, 5.74) is 4.29. The second-order valence-electron chi connectivity index (χ2n) is 7.35. The number of methoxy groups -OCH3 is 1. The molecule has 1 heterocycles. The maximum absolute atomic E-state index is 14.3. The molecule has 0 unspecified atom stereocenters. The molecule has 6 heteroatoms. The molecule has 0 bridgehead atoms. The SMILES string of the molecule is COC(=O)c1ccc(F)c(NC(=O)Cc2c(C)nc3ccccc3c2-c2ccccc2)c1. The molecule has 1 N–H and O–H groups in total. The molecule has 0 saturated heterocycles. The molecule has 1 amide bonds. The van der Waals surface area contributed by atoms with Crippen LogP contribution in [0.2, 0.25) is 0 Å². The third kappa shape index (κ3) is 4.21. The number of fused-ring (bicyclic) bond motifs is 1. The van der Waals surface area contributed by atoms with Gasteiger partial charge in [-0.05, 0) is 47.9 Å². The standard InChI is InChI=1S/C26H21FN2O3/c1-16-20(15-24(30)29-23-14-18(26(31)32-2)12-13-21(23)27)25(17-8-4-3-5-9-17)19-10-6-7-11-22(19)28-16/h3-14H,15H2,1-2H3,(H,29,30). The third-order valence-electron chi connectivity index (χ3n) is 5.26.